The Morgan fingerprint density at radius 2 is 1.90 bits per heavy atom. The van der Waals surface area contributed by atoms with Gasteiger partial charge >= 0.3 is 0 Å². The van der Waals surface area contributed by atoms with Gasteiger partial charge < -0.3 is 10.1 Å². The molecule has 156 valence electrons. The Balaban J connectivity index is 1.65. The van der Waals surface area contributed by atoms with E-state index in [-0.39, 0.29) is 18.0 Å². The molecule has 0 unspecified atom stereocenters. The van der Waals surface area contributed by atoms with E-state index in [1.54, 1.807) is 6.07 Å². The van der Waals surface area contributed by atoms with Gasteiger partial charge in [0.2, 0.25) is 5.91 Å². The first kappa shape index (κ1) is 20.3. The zero-order valence-corrected chi connectivity index (χ0v) is 17.4. The van der Waals surface area contributed by atoms with Gasteiger partial charge in [0, 0.05) is 18.8 Å². The summed E-state index contributed by atoms with van der Waals surface area (Å²) in [6, 6.07) is 13.1. The van der Waals surface area contributed by atoms with Gasteiger partial charge in [-0.25, -0.2) is 4.98 Å². The van der Waals surface area contributed by atoms with Crippen molar-refractivity contribution < 1.29 is 9.53 Å². The lowest BCUT2D eigenvalue weighted by Gasteiger charge is -2.27. The first-order chi connectivity index (χ1) is 14.5. The maximum atomic E-state index is 13.2. The molecule has 0 aliphatic carbocycles. The van der Waals surface area contributed by atoms with Crippen molar-refractivity contribution in [2.24, 2.45) is 0 Å². The molecule has 30 heavy (non-hydrogen) atoms. The molecule has 1 aliphatic heterocycles. The maximum Gasteiger partial charge on any atom is 0.261 e. The van der Waals surface area contributed by atoms with Crippen LogP contribution >= 0.6 is 0 Å². The van der Waals surface area contributed by atoms with E-state index in [0.29, 0.717) is 36.5 Å². The van der Waals surface area contributed by atoms with Gasteiger partial charge in [0.15, 0.2) is 0 Å². The maximum absolute atomic E-state index is 13.2. The molecule has 7 nitrogen and oxygen atoms in total. The van der Waals surface area contributed by atoms with Crippen molar-refractivity contribution in [3.8, 4) is 0 Å². The highest BCUT2D eigenvalue weighted by molar-refractivity contribution is 5.91. The van der Waals surface area contributed by atoms with Gasteiger partial charge in [0.1, 0.15) is 12.4 Å². The number of rotatable bonds is 5. The third kappa shape index (κ3) is 4.42. The molecular formula is C23H26N4O3. The van der Waals surface area contributed by atoms with Crippen molar-refractivity contribution in [2.75, 3.05) is 31.6 Å². The molecule has 1 aromatic heterocycles. The van der Waals surface area contributed by atoms with Gasteiger partial charge in [-0.2, -0.15) is 0 Å². The molecule has 1 N–H and O–H groups in total. The van der Waals surface area contributed by atoms with Gasteiger partial charge in [-0.1, -0.05) is 29.8 Å². The van der Waals surface area contributed by atoms with E-state index in [0.717, 1.165) is 29.9 Å². The number of nitrogens with zero attached hydrogens (tertiary/aromatic N) is 3. The number of aromatic nitrogens is 2. The number of anilines is 1. The quantitative estimate of drug-likeness (QED) is 0.705. The normalized spacial score (nSPS) is 14.7. The zero-order chi connectivity index (χ0) is 21.1. The van der Waals surface area contributed by atoms with Crippen LogP contribution in [0.1, 0.15) is 17.0 Å². The Labute approximate surface area is 175 Å². The van der Waals surface area contributed by atoms with Gasteiger partial charge in [-0.3, -0.25) is 19.1 Å². The van der Waals surface area contributed by atoms with E-state index < -0.39 is 0 Å². The summed E-state index contributed by atoms with van der Waals surface area (Å²) in [5.74, 6) is 0.348. The number of carbonyl (C=O) groups excluding carboxylic acids is 1. The molecule has 0 saturated carbocycles. The molecule has 4 rings (SSSR count). The van der Waals surface area contributed by atoms with Crippen molar-refractivity contribution in [3.63, 3.8) is 0 Å². The van der Waals surface area contributed by atoms with Crippen LogP contribution in [-0.2, 0) is 22.6 Å². The van der Waals surface area contributed by atoms with E-state index in [4.69, 9.17) is 9.72 Å². The first-order valence-corrected chi connectivity index (χ1v) is 10.2. The molecule has 1 amide bonds. The smallest absolute Gasteiger partial charge is 0.261 e. The van der Waals surface area contributed by atoms with E-state index in [1.807, 2.05) is 50.2 Å². The molecular weight excluding hydrogens is 380 g/mol. The molecule has 1 aliphatic rings. The molecule has 0 radical (unpaired) electrons. The number of aryl methyl sites for hydroxylation is 2. The average Bonchev–Trinajstić information content (AvgIpc) is 2.74. The Hall–Kier alpha value is -3.03. The molecule has 0 atom stereocenters. The molecule has 0 bridgehead atoms. The molecule has 0 spiro atoms. The second-order valence-corrected chi connectivity index (χ2v) is 7.69. The Bertz CT molecular complexity index is 1130. The molecule has 2 heterocycles. The summed E-state index contributed by atoms with van der Waals surface area (Å²) in [6.07, 6.45) is 0. The summed E-state index contributed by atoms with van der Waals surface area (Å²) >= 11 is 0. The van der Waals surface area contributed by atoms with Crippen molar-refractivity contribution in [1.82, 2.24) is 14.5 Å². The monoisotopic (exact) mass is 406 g/mol. The first-order valence-electron chi connectivity index (χ1n) is 10.2. The van der Waals surface area contributed by atoms with Crippen LogP contribution in [0.4, 0.5) is 5.69 Å². The van der Waals surface area contributed by atoms with E-state index in [2.05, 4.69) is 10.2 Å². The van der Waals surface area contributed by atoms with Crippen LogP contribution < -0.4 is 10.9 Å². The lowest BCUT2D eigenvalue weighted by Crippen LogP contribution is -2.39. The topological polar surface area (TPSA) is 76.5 Å². The predicted octanol–water partition coefficient (Wildman–Crippen LogP) is 2.48. The van der Waals surface area contributed by atoms with Crippen molar-refractivity contribution in [1.29, 1.82) is 0 Å². The van der Waals surface area contributed by atoms with Crippen LogP contribution in [0.5, 0.6) is 0 Å². The summed E-state index contributed by atoms with van der Waals surface area (Å²) in [6.45, 7) is 7.25. The summed E-state index contributed by atoms with van der Waals surface area (Å²) in [4.78, 5) is 32.9. The van der Waals surface area contributed by atoms with Crippen molar-refractivity contribution in [3.05, 3.63) is 69.8 Å². The Kier molecular flexibility index (Phi) is 5.92. The SMILES string of the molecule is Cc1ccc(NC(=O)Cn2c(CN3CCOCC3)nc3ccccc3c2=O)c(C)c1. The number of carbonyl (C=O) groups is 1. The fourth-order valence-corrected chi connectivity index (χ4v) is 3.74. The highest BCUT2D eigenvalue weighted by atomic mass is 16.5. The fraction of sp³-hybridized carbons (Fsp3) is 0.348. The van der Waals surface area contributed by atoms with Crippen LogP contribution in [0.2, 0.25) is 0 Å². The third-order valence-corrected chi connectivity index (χ3v) is 5.37. The summed E-state index contributed by atoms with van der Waals surface area (Å²) in [7, 11) is 0. The largest absolute Gasteiger partial charge is 0.379 e. The molecule has 2 aromatic carbocycles. The van der Waals surface area contributed by atoms with Crippen LogP contribution in [0.25, 0.3) is 10.9 Å². The van der Waals surface area contributed by atoms with E-state index >= 15 is 0 Å². The molecule has 7 heteroatoms. The molecule has 1 fully saturated rings. The van der Waals surface area contributed by atoms with Crippen molar-refractivity contribution >= 4 is 22.5 Å². The van der Waals surface area contributed by atoms with E-state index in [1.165, 1.54) is 4.57 Å². The average molecular weight is 406 g/mol. The minimum absolute atomic E-state index is 0.0797. The summed E-state index contributed by atoms with van der Waals surface area (Å²) in [5.41, 5.74) is 3.33. The van der Waals surface area contributed by atoms with Crippen molar-refractivity contribution in [2.45, 2.75) is 26.9 Å². The Morgan fingerprint density at radius 3 is 2.67 bits per heavy atom. The number of hydrogen-bond acceptors (Lipinski definition) is 5. The van der Waals surface area contributed by atoms with Crippen LogP contribution in [0, 0.1) is 13.8 Å². The number of morpholine rings is 1. The zero-order valence-electron chi connectivity index (χ0n) is 17.4. The highest BCUT2D eigenvalue weighted by Crippen LogP contribution is 2.16. The molecule has 1 saturated heterocycles. The predicted molar refractivity (Wildman–Crippen MR) is 117 cm³/mol. The number of hydrogen-bond donors (Lipinski definition) is 1. The second-order valence-electron chi connectivity index (χ2n) is 7.69. The lowest BCUT2D eigenvalue weighted by atomic mass is 10.1. The lowest BCUT2D eigenvalue weighted by molar-refractivity contribution is -0.116. The third-order valence-electron chi connectivity index (χ3n) is 5.37. The second kappa shape index (κ2) is 8.77. The van der Waals surface area contributed by atoms with Gasteiger partial charge in [0.05, 0.1) is 30.7 Å². The highest BCUT2D eigenvalue weighted by Gasteiger charge is 2.18. The summed E-state index contributed by atoms with van der Waals surface area (Å²) < 4.78 is 6.91. The van der Waals surface area contributed by atoms with Gasteiger partial charge in [-0.15, -0.1) is 0 Å². The van der Waals surface area contributed by atoms with Crippen LogP contribution in [0.15, 0.2) is 47.3 Å². The number of fused-ring (bicyclic) bond motifs is 1. The van der Waals surface area contributed by atoms with Crippen LogP contribution in [-0.4, -0.2) is 46.7 Å². The Morgan fingerprint density at radius 1 is 1.13 bits per heavy atom. The minimum Gasteiger partial charge on any atom is -0.379 e. The number of ether oxygens (including phenoxy) is 1. The van der Waals surface area contributed by atoms with Gasteiger partial charge in [0.25, 0.3) is 5.56 Å². The number of benzene rings is 2. The number of para-hydroxylation sites is 1. The number of nitrogens with one attached hydrogen (secondary N) is 1. The summed E-state index contributed by atoms with van der Waals surface area (Å²) in [5, 5.41) is 3.45. The van der Waals surface area contributed by atoms with Gasteiger partial charge in [-0.05, 0) is 37.6 Å². The molecule has 3 aromatic rings. The van der Waals surface area contributed by atoms with E-state index in [9.17, 15) is 9.59 Å². The fourth-order valence-electron chi connectivity index (χ4n) is 3.74. The van der Waals surface area contributed by atoms with Crippen LogP contribution in [0.3, 0.4) is 0 Å². The number of amides is 1. The minimum atomic E-state index is -0.246. The standard InChI is InChI=1S/C23H26N4O3/c1-16-7-8-19(17(2)13-16)25-22(28)15-27-21(14-26-9-11-30-12-10-26)24-20-6-4-3-5-18(20)23(27)29/h3-8,13H,9-12,14-15H2,1-2H3,(H,25,28).